The Morgan fingerprint density at radius 3 is 2.48 bits per heavy atom. The number of nitrogens with zero attached hydrogens (tertiary/aromatic N) is 1. The molecule has 1 saturated heterocycles. The highest BCUT2D eigenvalue weighted by molar-refractivity contribution is 6.30. The summed E-state index contributed by atoms with van der Waals surface area (Å²) in [6, 6.07) is 17.1. The fourth-order valence-corrected chi connectivity index (χ4v) is 3.72. The molecule has 1 fully saturated rings. The van der Waals surface area contributed by atoms with Crippen LogP contribution in [0.4, 0.5) is 0 Å². The van der Waals surface area contributed by atoms with Crippen molar-refractivity contribution in [3.05, 3.63) is 70.7 Å². The van der Waals surface area contributed by atoms with Crippen molar-refractivity contribution < 1.29 is 19.1 Å². The van der Waals surface area contributed by atoms with Gasteiger partial charge >= 0.3 is 5.97 Å². The van der Waals surface area contributed by atoms with Crippen LogP contribution in [0.3, 0.4) is 0 Å². The van der Waals surface area contributed by atoms with Crippen molar-refractivity contribution in [3.63, 3.8) is 0 Å². The monoisotopic (exact) mass is 411 g/mol. The number of morpholine rings is 1. The highest BCUT2D eigenvalue weighted by Crippen LogP contribution is 2.36. The van der Waals surface area contributed by atoms with E-state index in [4.69, 9.17) is 20.8 Å². The van der Waals surface area contributed by atoms with Gasteiger partial charge in [-0.3, -0.25) is 9.69 Å². The molecule has 1 aliphatic heterocycles. The fourth-order valence-electron chi connectivity index (χ4n) is 3.59. The zero-order valence-corrected chi connectivity index (χ0v) is 16.7. The minimum absolute atomic E-state index is 0.0514. The largest absolute Gasteiger partial charge is 0.481 e. The highest BCUT2D eigenvalue weighted by Gasteiger charge is 2.21. The van der Waals surface area contributed by atoms with Gasteiger partial charge in [0.15, 0.2) is 0 Å². The third-order valence-corrected chi connectivity index (χ3v) is 5.29. The molecule has 0 radical (unpaired) electrons. The molecule has 150 valence electrons. The number of carboxylic acids is 1. The Morgan fingerprint density at radius 2 is 1.76 bits per heavy atom. The second-order valence-electron chi connectivity index (χ2n) is 7.09. The van der Waals surface area contributed by atoms with Gasteiger partial charge in [0.25, 0.3) is 0 Å². The van der Waals surface area contributed by atoms with Crippen molar-refractivity contribution in [3.8, 4) is 22.6 Å². The number of furan rings is 1. The first-order valence-electron chi connectivity index (χ1n) is 9.59. The molecule has 0 amide bonds. The summed E-state index contributed by atoms with van der Waals surface area (Å²) in [6.07, 6.45) is -0.0514. The van der Waals surface area contributed by atoms with E-state index in [1.165, 1.54) is 0 Å². The van der Waals surface area contributed by atoms with Gasteiger partial charge in [-0.15, -0.1) is 0 Å². The summed E-state index contributed by atoms with van der Waals surface area (Å²) in [5.41, 5.74) is 3.52. The molecule has 2 aromatic carbocycles. The minimum atomic E-state index is -0.864. The Balaban J connectivity index is 1.76. The molecule has 6 heteroatoms. The van der Waals surface area contributed by atoms with Gasteiger partial charge in [0.1, 0.15) is 11.5 Å². The molecule has 0 unspecified atom stereocenters. The van der Waals surface area contributed by atoms with Gasteiger partial charge in [0, 0.05) is 41.3 Å². The predicted octanol–water partition coefficient (Wildman–Crippen LogP) is 4.73. The molecule has 0 bridgehead atoms. The molecule has 1 aliphatic rings. The standard InChI is InChI=1S/C23H22ClNO4/c24-19-7-5-16(6-8-19)21-13-18(15-25-9-11-28-12-10-25)23(29-21)20-4-2-1-3-17(20)14-22(26)27/h1-8,13H,9-12,14-15H2,(H,26,27). The van der Waals surface area contributed by atoms with Crippen LogP contribution in [-0.4, -0.2) is 42.3 Å². The third kappa shape index (κ3) is 4.70. The van der Waals surface area contributed by atoms with E-state index in [0.29, 0.717) is 18.2 Å². The number of aliphatic carboxylic acids is 1. The number of carboxylic acid groups (broad SMARTS) is 1. The lowest BCUT2D eigenvalue weighted by Crippen LogP contribution is -2.35. The first-order valence-corrected chi connectivity index (χ1v) is 9.97. The van der Waals surface area contributed by atoms with Crippen molar-refractivity contribution in [2.24, 2.45) is 0 Å². The van der Waals surface area contributed by atoms with Gasteiger partial charge in [0.05, 0.1) is 19.6 Å². The maximum absolute atomic E-state index is 11.3. The Kier molecular flexibility index (Phi) is 6.00. The lowest BCUT2D eigenvalue weighted by atomic mass is 9.99. The zero-order valence-electron chi connectivity index (χ0n) is 15.9. The van der Waals surface area contributed by atoms with Crippen LogP contribution in [0.25, 0.3) is 22.6 Å². The summed E-state index contributed by atoms with van der Waals surface area (Å²) in [4.78, 5) is 13.7. The number of benzene rings is 2. The molecule has 1 N–H and O–H groups in total. The van der Waals surface area contributed by atoms with Crippen molar-refractivity contribution in [2.45, 2.75) is 13.0 Å². The Bertz CT molecular complexity index is 990. The first kappa shape index (κ1) is 19.7. The van der Waals surface area contributed by atoms with Crippen molar-refractivity contribution >= 4 is 17.6 Å². The molecule has 4 rings (SSSR count). The maximum atomic E-state index is 11.3. The SMILES string of the molecule is O=C(O)Cc1ccccc1-c1oc(-c2ccc(Cl)cc2)cc1CN1CCOCC1. The van der Waals surface area contributed by atoms with Crippen LogP contribution in [0.5, 0.6) is 0 Å². The molecule has 29 heavy (non-hydrogen) atoms. The van der Waals surface area contributed by atoms with Gasteiger partial charge < -0.3 is 14.3 Å². The summed E-state index contributed by atoms with van der Waals surface area (Å²) < 4.78 is 11.8. The normalized spacial score (nSPS) is 14.8. The van der Waals surface area contributed by atoms with Gasteiger partial charge in [-0.1, -0.05) is 35.9 Å². The van der Waals surface area contributed by atoms with E-state index in [1.807, 2.05) is 54.6 Å². The van der Waals surface area contributed by atoms with E-state index in [1.54, 1.807) is 0 Å². The highest BCUT2D eigenvalue weighted by atomic mass is 35.5. The van der Waals surface area contributed by atoms with Gasteiger partial charge in [-0.25, -0.2) is 0 Å². The Morgan fingerprint density at radius 1 is 1.03 bits per heavy atom. The number of halogens is 1. The number of hydrogen-bond donors (Lipinski definition) is 1. The molecule has 5 nitrogen and oxygen atoms in total. The average Bonchev–Trinajstić information content (AvgIpc) is 3.13. The van der Waals surface area contributed by atoms with Gasteiger partial charge in [-0.05, 0) is 35.9 Å². The predicted molar refractivity (Wildman–Crippen MR) is 112 cm³/mol. The summed E-state index contributed by atoms with van der Waals surface area (Å²) >= 11 is 6.02. The van der Waals surface area contributed by atoms with Crippen LogP contribution in [-0.2, 0) is 22.5 Å². The molecule has 0 spiro atoms. The number of ether oxygens (including phenoxy) is 1. The first-order chi connectivity index (χ1) is 14.1. The molecular formula is C23H22ClNO4. The molecule has 3 aromatic rings. The van der Waals surface area contributed by atoms with Crippen LogP contribution in [0.1, 0.15) is 11.1 Å². The minimum Gasteiger partial charge on any atom is -0.481 e. The van der Waals surface area contributed by atoms with Crippen LogP contribution >= 0.6 is 11.6 Å². The average molecular weight is 412 g/mol. The van der Waals surface area contributed by atoms with Crippen LogP contribution in [0.2, 0.25) is 5.02 Å². The zero-order chi connectivity index (χ0) is 20.2. The van der Waals surface area contributed by atoms with E-state index < -0.39 is 5.97 Å². The third-order valence-electron chi connectivity index (χ3n) is 5.04. The Hall–Kier alpha value is -2.60. The number of hydrogen-bond acceptors (Lipinski definition) is 4. The van der Waals surface area contributed by atoms with Gasteiger partial charge in [0.2, 0.25) is 0 Å². The molecule has 0 atom stereocenters. The number of rotatable bonds is 6. The summed E-state index contributed by atoms with van der Waals surface area (Å²) in [5, 5.41) is 9.98. The topological polar surface area (TPSA) is 62.9 Å². The molecule has 1 aromatic heterocycles. The smallest absolute Gasteiger partial charge is 0.307 e. The van der Waals surface area contributed by atoms with Crippen LogP contribution in [0.15, 0.2) is 59.0 Å². The van der Waals surface area contributed by atoms with Gasteiger partial charge in [-0.2, -0.15) is 0 Å². The molecule has 2 heterocycles. The van der Waals surface area contributed by atoms with Crippen LogP contribution < -0.4 is 0 Å². The van der Waals surface area contributed by atoms with E-state index in [9.17, 15) is 9.90 Å². The summed E-state index contributed by atoms with van der Waals surface area (Å²) in [6.45, 7) is 3.87. The van der Waals surface area contributed by atoms with E-state index in [2.05, 4.69) is 4.90 Å². The van der Waals surface area contributed by atoms with E-state index in [-0.39, 0.29) is 6.42 Å². The fraction of sp³-hybridized carbons (Fsp3) is 0.261. The lowest BCUT2D eigenvalue weighted by Gasteiger charge is -2.26. The molecule has 0 saturated carbocycles. The van der Waals surface area contributed by atoms with E-state index in [0.717, 1.165) is 53.4 Å². The number of carbonyl (C=O) groups is 1. The lowest BCUT2D eigenvalue weighted by molar-refractivity contribution is -0.136. The maximum Gasteiger partial charge on any atom is 0.307 e. The summed E-state index contributed by atoms with van der Waals surface area (Å²) in [5.74, 6) is 0.597. The quantitative estimate of drug-likeness (QED) is 0.635. The van der Waals surface area contributed by atoms with Crippen molar-refractivity contribution in [1.29, 1.82) is 0 Å². The second-order valence-corrected chi connectivity index (χ2v) is 7.52. The Labute approximate surface area is 174 Å². The van der Waals surface area contributed by atoms with Crippen molar-refractivity contribution in [2.75, 3.05) is 26.3 Å². The molecular weight excluding hydrogens is 390 g/mol. The van der Waals surface area contributed by atoms with Crippen molar-refractivity contribution in [1.82, 2.24) is 4.90 Å². The summed E-state index contributed by atoms with van der Waals surface area (Å²) in [7, 11) is 0. The molecule has 0 aliphatic carbocycles. The second kappa shape index (κ2) is 8.82. The van der Waals surface area contributed by atoms with E-state index >= 15 is 0 Å². The van der Waals surface area contributed by atoms with Crippen LogP contribution in [0, 0.1) is 0 Å².